The molecule has 2 atom stereocenters. The minimum Gasteiger partial charge on any atom is -0.318 e. The second-order valence-corrected chi connectivity index (χ2v) is 8.64. The number of aryl methyl sites for hydroxylation is 1. The fourth-order valence-electron chi connectivity index (χ4n) is 4.19. The van der Waals surface area contributed by atoms with E-state index in [0.717, 1.165) is 16.6 Å². The van der Waals surface area contributed by atoms with E-state index in [4.69, 9.17) is 4.99 Å². The molecule has 1 fully saturated rings. The fourth-order valence-corrected chi connectivity index (χ4v) is 5.00. The standard InChI is InChI=1S/C22H28N4S/c1-15-9-7-8-12-20(15)23-22-25-24-21(14-27-22)19-13-16(2)26(17(19)3)18-10-5-4-6-11-18/h4-6,10-11,13,15,20H,7-9,12,14H2,1-3H3,(H,23,25). The summed E-state index contributed by atoms with van der Waals surface area (Å²) in [5.41, 5.74) is 9.22. The average Bonchev–Trinajstić information content (AvgIpc) is 2.99. The zero-order valence-electron chi connectivity index (χ0n) is 16.4. The molecule has 2 aliphatic rings. The molecule has 1 N–H and O–H groups in total. The van der Waals surface area contributed by atoms with Gasteiger partial charge in [-0.1, -0.05) is 49.7 Å². The smallest absolute Gasteiger partial charge is 0.177 e. The first-order valence-corrected chi connectivity index (χ1v) is 10.9. The number of aromatic nitrogens is 1. The van der Waals surface area contributed by atoms with Gasteiger partial charge in [-0.05, 0) is 50.8 Å². The Labute approximate surface area is 166 Å². The average molecular weight is 381 g/mol. The summed E-state index contributed by atoms with van der Waals surface area (Å²) in [6, 6.07) is 13.2. The number of hydrogen-bond donors (Lipinski definition) is 1. The van der Waals surface area contributed by atoms with E-state index >= 15 is 0 Å². The van der Waals surface area contributed by atoms with Gasteiger partial charge in [-0.15, -0.1) is 0 Å². The van der Waals surface area contributed by atoms with E-state index in [1.807, 2.05) is 0 Å². The molecule has 2 heterocycles. The highest BCUT2D eigenvalue weighted by Gasteiger charge is 2.23. The summed E-state index contributed by atoms with van der Waals surface area (Å²) in [5, 5.41) is 5.66. The van der Waals surface area contributed by atoms with Gasteiger partial charge in [0, 0.05) is 28.4 Å². The quantitative estimate of drug-likeness (QED) is 0.808. The Morgan fingerprint density at radius 1 is 1.15 bits per heavy atom. The third-order valence-electron chi connectivity index (χ3n) is 5.74. The molecule has 0 bridgehead atoms. The van der Waals surface area contributed by atoms with Crippen LogP contribution in [0.2, 0.25) is 0 Å². The van der Waals surface area contributed by atoms with Crippen molar-refractivity contribution in [1.29, 1.82) is 0 Å². The van der Waals surface area contributed by atoms with E-state index in [2.05, 4.69) is 72.3 Å². The van der Waals surface area contributed by atoms with Crippen molar-refractivity contribution in [2.75, 3.05) is 5.75 Å². The zero-order chi connectivity index (χ0) is 18.8. The number of hydrazone groups is 1. The Hall–Kier alpha value is -2.01. The predicted molar refractivity (Wildman–Crippen MR) is 116 cm³/mol. The number of nitrogens with one attached hydrogen (secondary N) is 1. The lowest BCUT2D eigenvalue weighted by atomic mass is 9.86. The number of thioether (sulfide) groups is 1. The van der Waals surface area contributed by atoms with Crippen LogP contribution < -0.4 is 5.43 Å². The maximum Gasteiger partial charge on any atom is 0.177 e. The topological polar surface area (TPSA) is 41.7 Å². The van der Waals surface area contributed by atoms with E-state index in [1.54, 1.807) is 11.8 Å². The third-order valence-corrected chi connectivity index (χ3v) is 6.63. The molecule has 0 saturated heterocycles. The van der Waals surface area contributed by atoms with Crippen molar-refractivity contribution >= 4 is 22.6 Å². The lowest BCUT2D eigenvalue weighted by Crippen LogP contribution is -2.29. The molecule has 142 valence electrons. The molecule has 2 unspecified atom stereocenters. The van der Waals surface area contributed by atoms with Crippen molar-refractivity contribution in [1.82, 2.24) is 9.99 Å². The highest BCUT2D eigenvalue weighted by atomic mass is 32.2. The van der Waals surface area contributed by atoms with Gasteiger partial charge in [0.2, 0.25) is 0 Å². The minimum absolute atomic E-state index is 0.452. The monoisotopic (exact) mass is 380 g/mol. The second-order valence-electron chi connectivity index (χ2n) is 7.68. The van der Waals surface area contributed by atoms with Crippen molar-refractivity contribution in [2.45, 2.75) is 52.5 Å². The molecular formula is C22H28N4S. The predicted octanol–water partition coefficient (Wildman–Crippen LogP) is 5.07. The first-order valence-electron chi connectivity index (χ1n) is 9.91. The van der Waals surface area contributed by atoms with Crippen LogP contribution in [0.3, 0.4) is 0 Å². The van der Waals surface area contributed by atoms with Crippen LogP contribution in [0.5, 0.6) is 0 Å². The summed E-state index contributed by atoms with van der Waals surface area (Å²) >= 11 is 1.78. The minimum atomic E-state index is 0.452. The lowest BCUT2D eigenvalue weighted by Gasteiger charge is -2.26. The largest absolute Gasteiger partial charge is 0.318 e. The summed E-state index contributed by atoms with van der Waals surface area (Å²) in [5.74, 6) is 1.55. The summed E-state index contributed by atoms with van der Waals surface area (Å²) in [6.45, 7) is 6.66. The van der Waals surface area contributed by atoms with Gasteiger partial charge >= 0.3 is 0 Å². The van der Waals surface area contributed by atoms with Crippen LogP contribution in [0.1, 0.15) is 49.6 Å². The molecule has 4 rings (SSSR count). The molecule has 1 aromatic heterocycles. The number of nitrogens with zero attached hydrogens (tertiary/aromatic N) is 3. The summed E-state index contributed by atoms with van der Waals surface area (Å²) < 4.78 is 2.30. The molecule has 4 nitrogen and oxygen atoms in total. The Kier molecular flexibility index (Phi) is 5.39. The first kappa shape index (κ1) is 18.4. The van der Waals surface area contributed by atoms with Crippen LogP contribution in [0, 0.1) is 19.8 Å². The van der Waals surface area contributed by atoms with Gasteiger partial charge in [0.25, 0.3) is 0 Å². The molecule has 1 saturated carbocycles. The Morgan fingerprint density at radius 2 is 1.93 bits per heavy atom. The lowest BCUT2D eigenvalue weighted by molar-refractivity contribution is 0.333. The van der Waals surface area contributed by atoms with Gasteiger partial charge in [0.1, 0.15) is 0 Å². The Bertz CT molecular complexity index is 866. The zero-order valence-corrected chi connectivity index (χ0v) is 17.2. The van der Waals surface area contributed by atoms with Crippen LogP contribution in [0.25, 0.3) is 5.69 Å². The second kappa shape index (κ2) is 7.93. The molecule has 0 spiro atoms. The highest BCUT2D eigenvalue weighted by Crippen LogP contribution is 2.28. The molecule has 0 amide bonds. The van der Waals surface area contributed by atoms with Gasteiger partial charge in [0.05, 0.1) is 11.8 Å². The fraction of sp³-hybridized carbons (Fsp3) is 0.455. The van der Waals surface area contributed by atoms with Gasteiger partial charge in [-0.25, -0.2) is 0 Å². The molecule has 0 radical (unpaired) electrons. The molecule has 1 aromatic carbocycles. The molecule has 27 heavy (non-hydrogen) atoms. The molecule has 5 heteroatoms. The number of amidine groups is 1. The Morgan fingerprint density at radius 3 is 2.63 bits per heavy atom. The van der Waals surface area contributed by atoms with Crippen molar-refractivity contribution in [3.63, 3.8) is 0 Å². The highest BCUT2D eigenvalue weighted by molar-refractivity contribution is 8.14. The molecule has 1 aliphatic carbocycles. The third kappa shape index (κ3) is 3.84. The number of para-hydroxylation sites is 1. The number of hydrogen-bond acceptors (Lipinski definition) is 3. The van der Waals surface area contributed by atoms with E-state index in [1.165, 1.54) is 48.3 Å². The van der Waals surface area contributed by atoms with Crippen LogP contribution in [-0.4, -0.2) is 27.2 Å². The molecular weight excluding hydrogens is 352 g/mol. The summed E-state index contributed by atoms with van der Waals surface area (Å²) in [4.78, 5) is 4.95. The molecule has 2 aromatic rings. The van der Waals surface area contributed by atoms with Gasteiger partial charge in [0.15, 0.2) is 5.17 Å². The van der Waals surface area contributed by atoms with Crippen LogP contribution >= 0.6 is 11.8 Å². The van der Waals surface area contributed by atoms with Crippen molar-refractivity contribution < 1.29 is 0 Å². The summed E-state index contributed by atoms with van der Waals surface area (Å²) in [6.07, 6.45) is 5.16. The van der Waals surface area contributed by atoms with Crippen LogP contribution in [0.4, 0.5) is 0 Å². The maximum absolute atomic E-state index is 4.95. The van der Waals surface area contributed by atoms with E-state index < -0.39 is 0 Å². The summed E-state index contributed by atoms with van der Waals surface area (Å²) in [7, 11) is 0. The SMILES string of the molecule is Cc1cc(C2=NNC(=NC3CCCCC3C)SC2)c(C)n1-c1ccccc1. The van der Waals surface area contributed by atoms with Gasteiger partial charge in [-0.3, -0.25) is 10.4 Å². The number of aliphatic imine (C=N–C) groups is 1. The van der Waals surface area contributed by atoms with Crippen molar-refractivity contribution in [2.24, 2.45) is 16.0 Å². The van der Waals surface area contributed by atoms with E-state index in [-0.39, 0.29) is 0 Å². The van der Waals surface area contributed by atoms with Gasteiger partial charge in [-0.2, -0.15) is 5.10 Å². The number of rotatable bonds is 3. The first-order chi connectivity index (χ1) is 13.1. The van der Waals surface area contributed by atoms with Gasteiger partial charge < -0.3 is 4.57 Å². The van der Waals surface area contributed by atoms with Crippen LogP contribution in [0.15, 0.2) is 46.5 Å². The maximum atomic E-state index is 4.95. The van der Waals surface area contributed by atoms with Crippen molar-refractivity contribution in [3.8, 4) is 5.69 Å². The number of benzene rings is 1. The Balaban J connectivity index is 1.55. The molecule has 1 aliphatic heterocycles. The van der Waals surface area contributed by atoms with E-state index in [0.29, 0.717) is 12.0 Å². The normalized spacial score (nSPS) is 24.6. The van der Waals surface area contributed by atoms with E-state index in [9.17, 15) is 0 Å². The van der Waals surface area contributed by atoms with Crippen LogP contribution in [-0.2, 0) is 0 Å². The van der Waals surface area contributed by atoms with Crippen molar-refractivity contribution in [3.05, 3.63) is 53.3 Å².